The molecule has 1 aliphatic rings. The Morgan fingerprint density at radius 2 is 2.16 bits per heavy atom. The van der Waals surface area contributed by atoms with E-state index < -0.39 is 5.82 Å². The molecule has 25 heavy (non-hydrogen) atoms. The maximum absolute atomic E-state index is 14.0. The van der Waals surface area contributed by atoms with Gasteiger partial charge in [0.25, 0.3) is 0 Å². The SMILES string of the molecule is C/C(=C\c1cccc(Cl)c1O)Nc1ncc(F)c(N2CCOCC2)n1. The lowest BCUT2D eigenvalue weighted by atomic mass is 10.1. The largest absolute Gasteiger partial charge is 0.506 e. The van der Waals surface area contributed by atoms with Crippen molar-refractivity contribution < 1.29 is 14.2 Å². The molecule has 0 amide bonds. The van der Waals surface area contributed by atoms with Gasteiger partial charge in [0.1, 0.15) is 5.75 Å². The van der Waals surface area contributed by atoms with Crippen molar-refractivity contribution in [2.24, 2.45) is 0 Å². The van der Waals surface area contributed by atoms with E-state index in [1.165, 1.54) is 0 Å². The van der Waals surface area contributed by atoms with E-state index in [1.807, 2.05) is 4.90 Å². The summed E-state index contributed by atoms with van der Waals surface area (Å²) in [6.45, 7) is 4.04. The lowest BCUT2D eigenvalue weighted by Gasteiger charge is -2.28. The van der Waals surface area contributed by atoms with Gasteiger partial charge in [0.2, 0.25) is 5.95 Å². The lowest BCUT2D eigenvalue weighted by Crippen LogP contribution is -2.37. The van der Waals surface area contributed by atoms with Crippen LogP contribution >= 0.6 is 11.6 Å². The van der Waals surface area contributed by atoms with E-state index in [-0.39, 0.29) is 22.5 Å². The van der Waals surface area contributed by atoms with Crippen LogP contribution in [0.4, 0.5) is 16.2 Å². The van der Waals surface area contributed by atoms with Crippen molar-refractivity contribution in [3.8, 4) is 5.75 Å². The van der Waals surface area contributed by atoms with Gasteiger partial charge in [-0.05, 0) is 19.1 Å². The van der Waals surface area contributed by atoms with Crippen LogP contribution in [0, 0.1) is 5.82 Å². The maximum atomic E-state index is 14.0. The minimum Gasteiger partial charge on any atom is -0.506 e. The number of aromatic nitrogens is 2. The highest BCUT2D eigenvalue weighted by atomic mass is 35.5. The van der Waals surface area contributed by atoms with E-state index in [1.54, 1.807) is 31.2 Å². The van der Waals surface area contributed by atoms with Gasteiger partial charge >= 0.3 is 0 Å². The summed E-state index contributed by atoms with van der Waals surface area (Å²) in [5, 5.41) is 13.2. The third kappa shape index (κ3) is 4.18. The van der Waals surface area contributed by atoms with E-state index in [0.717, 1.165) is 6.20 Å². The topological polar surface area (TPSA) is 70.5 Å². The van der Waals surface area contributed by atoms with Crippen LogP contribution in [-0.2, 0) is 4.74 Å². The third-order valence-corrected chi connectivity index (χ3v) is 4.04. The average Bonchev–Trinajstić information content (AvgIpc) is 2.61. The fourth-order valence-electron chi connectivity index (χ4n) is 2.51. The molecule has 0 unspecified atom stereocenters. The molecule has 1 aliphatic heterocycles. The molecule has 8 heteroatoms. The molecule has 3 rings (SSSR count). The predicted octanol–water partition coefficient (Wildman–Crippen LogP) is 3.28. The summed E-state index contributed by atoms with van der Waals surface area (Å²) in [5.41, 5.74) is 1.24. The molecule has 0 saturated carbocycles. The van der Waals surface area contributed by atoms with Crippen molar-refractivity contribution in [2.75, 3.05) is 36.5 Å². The summed E-state index contributed by atoms with van der Waals surface area (Å²) >= 11 is 5.90. The van der Waals surface area contributed by atoms with Crippen molar-refractivity contribution in [3.63, 3.8) is 0 Å². The Labute approximate surface area is 149 Å². The van der Waals surface area contributed by atoms with Gasteiger partial charge in [0, 0.05) is 24.4 Å². The fraction of sp³-hybridized carbons (Fsp3) is 0.294. The highest BCUT2D eigenvalue weighted by molar-refractivity contribution is 6.32. The number of ether oxygens (including phenoxy) is 1. The number of nitrogens with zero attached hydrogens (tertiary/aromatic N) is 3. The fourth-order valence-corrected chi connectivity index (χ4v) is 2.69. The number of para-hydroxylation sites is 1. The van der Waals surface area contributed by atoms with Crippen molar-refractivity contribution in [3.05, 3.63) is 46.5 Å². The standard InChI is InChI=1S/C17H18ClFN4O2/c1-11(9-12-3-2-4-13(18)15(12)24)21-17-20-10-14(19)16(22-17)23-5-7-25-8-6-23/h2-4,9-10,24H,5-8H2,1H3,(H,20,21,22)/b11-9+. The number of aromatic hydroxyl groups is 1. The number of phenols is 1. The Hall–Kier alpha value is -2.38. The van der Waals surface area contributed by atoms with Gasteiger partial charge in [-0.25, -0.2) is 9.37 Å². The highest BCUT2D eigenvalue weighted by Gasteiger charge is 2.17. The number of benzene rings is 1. The van der Waals surface area contributed by atoms with Gasteiger partial charge in [-0.1, -0.05) is 23.7 Å². The van der Waals surface area contributed by atoms with Crippen LogP contribution in [-0.4, -0.2) is 41.4 Å². The summed E-state index contributed by atoms with van der Waals surface area (Å²) in [6.07, 6.45) is 2.85. The Kier molecular flexibility index (Phi) is 5.35. The number of anilines is 2. The number of nitrogens with one attached hydrogen (secondary N) is 1. The monoisotopic (exact) mass is 364 g/mol. The van der Waals surface area contributed by atoms with Crippen LogP contribution in [0.2, 0.25) is 5.02 Å². The van der Waals surface area contributed by atoms with E-state index in [9.17, 15) is 9.50 Å². The second-order valence-electron chi connectivity index (χ2n) is 5.59. The first-order valence-electron chi connectivity index (χ1n) is 7.82. The first-order valence-corrected chi connectivity index (χ1v) is 8.20. The zero-order valence-corrected chi connectivity index (χ0v) is 14.4. The molecule has 0 radical (unpaired) electrons. The maximum Gasteiger partial charge on any atom is 0.229 e. The average molecular weight is 365 g/mol. The zero-order valence-electron chi connectivity index (χ0n) is 13.7. The van der Waals surface area contributed by atoms with Gasteiger partial charge < -0.3 is 20.1 Å². The number of morpholine rings is 1. The first-order chi connectivity index (χ1) is 12.0. The van der Waals surface area contributed by atoms with Crippen LogP contribution in [0.5, 0.6) is 5.75 Å². The predicted molar refractivity (Wildman–Crippen MR) is 95.4 cm³/mol. The smallest absolute Gasteiger partial charge is 0.229 e. The van der Waals surface area contributed by atoms with Crippen molar-refractivity contribution in [2.45, 2.75) is 6.92 Å². The number of hydrogen-bond acceptors (Lipinski definition) is 6. The molecular formula is C17H18ClFN4O2. The van der Waals surface area contributed by atoms with Crippen molar-refractivity contribution in [1.82, 2.24) is 9.97 Å². The molecule has 0 atom stereocenters. The molecule has 6 nitrogen and oxygen atoms in total. The molecule has 1 fully saturated rings. The number of allylic oxidation sites excluding steroid dienone is 1. The molecule has 1 saturated heterocycles. The Morgan fingerprint density at radius 3 is 2.92 bits per heavy atom. The molecular weight excluding hydrogens is 347 g/mol. The normalized spacial score (nSPS) is 15.3. The van der Waals surface area contributed by atoms with Gasteiger partial charge in [-0.15, -0.1) is 0 Å². The molecule has 0 spiro atoms. The van der Waals surface area contributed by atoms with Crippen molar-refractivity contribution in [1.29, 1.82) is 0 Å². The summed E-state index contributed by atoms with van der Waals surface area (Å²) < 4.78 is 19.3. The van der Waals surface area contributed by atoms with Gasteiger partial charge in [0.15, 0.2) is 11.6 Å². The molecule has 0 aliphatic carbocycles. The van der Waals surface area contributed by atoms with Gasteiger partial charge in [-0.2, -0.15) is 4.98 Å². The van der Waals surface area contributed by atoms with E-state index in [2.05, 4.69) is 15.3 Å². The van der Waals surface area contributed by atoms with E-state index in [0.29, 0.717) is 37.6 Å². The quantitative estimate of drug-likeness (QED) is 0.867. The van der Waals surface area contributed by atoms with Crippen LogP contribution < -0.4 is 10.2 Å². The van der Waals surface area contributed by atoms with Crippen LogP contribution in [0.15, 0.2) is 30.1 Å². The van der Waals surface area contributed by atoms with Gasteiger partial charge in [-0.3, -0.25) is 0 Å². The Morgan fingerprint density at radius 1 is 1.40 bits per heavy atom. The first kappa shape index (κ1) is 17.4. The number of halogens is 2. The molecule has 132 valence electrons. The van der Waals surface area contributed by atoms with Crippen molar-refractivity contribution >= 4 is 29.4 Å². The Bertz CT molecular complexity index is 794. The second kappa shape index (κ2) is 7.67. The Balaban J connectivity index is 1.80. The zero-order chi connectivity index (χ0) is 17.8. The van der Waals surface area contributed by atoms with E-state index in [4.69, 9.17) is 16.3 Å². The third-order valence-electron chi connectivity index (χ3n) is 3.74. The number of rotatable bonds is 4. The van der Waals surface area contributed by atoms with Crippen LogP contribution in [0.1, 0.15) is 12.5 Å². The molecule has 0 bridgehead atoms. The number of phenolic OH excluding ortho intramolecular Hbond substituents is 1. The van der Waals surface area contributed by atoms with Crippen LogP contribution in [0.25, 0.3) is 6.08 Å². The summed E-state index contributed by atoms with van der Waals surface area (Å²) in [6, 6.07) is 5.08. The second-order valence-corrected chi connectivity index (χ2v) is 6.00. The van der Waals surface area contributed by atoms with Crippen LogP contribution in [0.3, 0.4) is 0 Å². The molecule has 1 aromatic heterocycles. The minimum absolute atomic E-state index is 0.000605. The summed E-state index contributed by atoms with van der Waals surface area (Å²) in [4.78, 5) is 10.1. The summed E-state index contributed by atoms with van der Waals surface area (Å²) in [7, 11) is 0. The molecule has 2 N–H and O–H groups in total. The van der Waals surface area contributed by atoms with Gasteiger partial charge in [0.05, 0.1) is 24.4 Å². The lowest BCUT2D eigenvalue weighted by molar-refractivity contribution is 0.122. The van der Waals surface area contributed by atoms with E-state index >= 15 is 0 Å². The minimum atomic E-state index is -0.471. The number of hydrogen-bond donors (Lipinski definition) is 2. The highest BCUT2D eigenvalue weighted by Crippen LogP contribution is 2.28. The molecule has 2 heterocycles. The molecule has 2 aromatic rings. The molecule has 1 aromatic carbocycles. The summed E-state index contributed by atoms with van der Waals surface area (Å²) in [5.74, 6) is 0.0540.